The Morgan fingerprint density at radius 2 is 2.24 bits per heavy atom. The van der Waals surface area contributed by atoms with Gasteiger partial charge in [0.2, 0.25) is 5.12 Å². The zero-order valence-corrected chi connectivity index (χ0v) is 12.4. The van der Waals surface area contributed by atoms with Crippen molar-refractivity contribution in [3.8, 4) is 0 Å². The quantitative estimate of drug-likeness (QED) is 0.763. The van der Waals surface area contributed by atoms with Gasteiger partial charge in [-0.1, -0.05) is 52.8 Å². The Labute approximate surface area is 117 Å². The Morgan fingerprint density at radius 1 is 1.47 bits per heavy atom. The van der Waals surface area contributed by atoms with E-state index in [0.29, 0.717) is 5.70 Å². The van der Waals surface area contributed by atoms with Crippen molar-refractivity contribution in [2.45, 2.75) is 6.92 Å². The summed E-state index contributed by atoms with van der Waals surface area (Å²) in [7, 11) is 0. The van der Waals surface area contributed by atoms with Gasteiger partial charge in [0.05, 0.1) is 0 Å². The largest absolute Gasteiger partial charge is 0.279 e. The lowest BCUT2D eigenvalue weighted by Crippen LogP contribution is -1.88. The molecule has 88 valence electrons. The molecule has 1 aromatic rings. The van der Waals surface area contributed by atoms with Crippen molar-refractivity contribution in [2.24, 2.45) is 4.99 Å². The summed E-state index contributed by atoms with van der Waals surface area (Å²) in [6.45, 7) is 2.05. The summed E-state index contributed by atoms with van der Waals surface area (Å²) in [5.74, 6) is 0.932. The highest BCUT2D eigenvalue weighted by atomic mass is 79.9. The molecule has 0 atom stereocenters. The Morgan fingerprint density at radius 3 is 2.94 bits per heavy atom. The first kappa shape index (κ1) is 12.9. The van der Waals surface area contributed by atoms with Crippen LogP contribution >= 0.6 is 39.5 Å². The van der Waals surface area contributed by atoms with Crippen LogP contribution in [-0.2, 0) is 4.79 Å². The highest BCUT2D eigenvalue weighted by Crippen LogP contribution is 2.31. The predicted molar refractivity (Wildman–Crippen MR) is 80.3 cm³/mol. The number of carbonyl (C=O) groups excluding carboxylic acids is 1. The number of hydrogen-bond donors (Lipinski definition) is 0. The number of hydrogen-bond acceptors (Lipinski definition) is 4. The van der Waals surface area contributed by atoms with Crippen molar-refractivity contribution in [3.63, 3.8) is 0 Å². The molecule has 0 unspecified atom stereocenters. The number of carbonyl (C=O) groups is 1. The number of halogens is 1. The van der Waals surface area contributed by atoms with Crippen LogP contribution in [0.25, 0.3) is 6.08 Å². The molecule has 2 nitrogen and oxygen atoms in total. The minimum Gasteiger partial charge on any atom is -0.279 e. The highest BCUT2D eigenvalue weighted by Gasteiger charge is 2.21. The molecule has 2 rings (SSSR count). The van der Waals surface area contributed by atoms with Gasteiger partial charge in [-0.2, -0.15) is 0 Å². The van der Waals surface area contributed by atoms with Gasteiger partial charge in [-0.3, -0.25) is 4.79 Å². The molecule has 0 bridgehead atoms. The van der Waals surface area contributed by atoms with E-state index < -0.39 is 0 Å². The van der Waals surface area contributed by atoms with E-state index in [4.69, 9.17) is 0 Å². The summed E-state index contributed by atoms with van der Waals surface area (Å²) in [4.78, 5) is 16.1. The maximum atomic E-state index is 11.7. The van der Waals surface area contributed by atoms with E-state index in [1.807, 2.05) is 37.3 Å². The molecule has 1 heterocycles. The molecule has 0 aliphatic carbocycles. The lowest BCUT2D eigenvalue weighted by atomic mass is 10.2. The molecule has 17 heavy (non-hydrogen) atoms. The first-order valence-electron chi connectivity index (χ1n) is 5.10. The van der Waals surface area contributed by atoms with Crippen LogP contribution < -0.4 is 0 Å². The molecule has 1 aromatic carbocycles. The Kier molecular flexibility index (Phi) is 4.48. The first-order chi connectivity index (χ1) is 8.20. The summed E-state index contributed by atoms with van der Waals surface area (Å²) < 4.78 is 1.81. The Bertz CT molecular complexity index is 511. The van der Waals surface area contributed by atoms with Gasteiger partial charge in [0, 0.05) is 4.47 Å². The van der Waals surface area contributed by atoms with Crippen molar-refractivity contribution in [3.05, 3.63) is 40.0 Å². The third-order valence-corrected chi connectivity index (χ3v) is 4.68. The molecule has 0 saturated carbocycles. The lowest BCUT2D eigenvalue weighted by Gasteiger charge is -1.97. The fourth-order valence-corrected chi connectivity index (χ4v) is 3.45. The number of benzene rings is 1. The van der Waals surface area contributed by atoms with Crippen LogP contribution in [0.3, 0.4) is 0 Å². The summed E-state index contributed by atoms with van der Waals surface area (Å²) in [5, 5.41) is 0.0247. The molecule has 0 aromatic heterocycles. The topological polar surface area (TPSA) is 29.4 Å². The second-order valence-electron chi connectivity index (χ2n) is 3.25. The van der Waals surface area contributed by atoms with E-state index in [2.05, 4.69) is 20.9 Å². The van der Waals surface area contributed by atoms with E-state index >= 15 is 0 Å². The zero-order valence-electron chi connectivity index (χ0n) is 9.14. The fourth-order valence-electron chi connectivity index (χ4n) is 1.31. The molecule has 0 saturated heterocycles. The summed E-state index contributed by atoms with van der Waals surface area (Å²) >= 11 is 6.27. The number of rotatable bonds is 2. The second kappa shape index (κ2) is 5.89. The Hall–Kier alpha value is -0.520. The highest BCUT2D eigenvalue weighted by molar-refractivity contribution is 9.10. The standard InChI is InChI=1S/C12H10BrNOS2/c1-2-16-12-14-10(11(15)17-12)7-8-5-3-4-6-9(8)13/h3-7H,2H2,1H3. The van der Waals surface area contributed by atoms with Crippen molar-refractivity contribution in [1.82, 2.24) is 0 Å². The molecule has 0 fully saturated rings. The van der Waals surface area contributed by atoms with Gasteiger partial charge in [0.15, 0.2) is 0 Å². The molecule has 0 spiro atoms. The third kappa shape index (κ3) is 3.24. The van der Waals surface area contributed by atoms with Gasteiger partial charge in [-0.25, -0.2) is 4.99 Å². The van der Waals surface area contributed by atoms with Crippen LogP contribution in [0.5, 0.6) is 0 Å². The molecule has 0 amide bonds. The van der Waals surface area contributed by atoms with Gasteiger partial charge in [-0.15, -0.1) is 0 Å². The van der Waals surface area contributed by atoms with Crippen LogP contribution in [0.2, 0.25) is 0 Å². The molecular weight excluding hydrogens is 318 g/mol. The fraction of sp³-hybridized carbons (Fsp3) is 0.167. The molecule has 0 radical (unpaired) electrons. The average Bonchev–Trinajstić information content (AvgIpc) is 2.63. The summed E-state index contributed by atoms with van der Waals surface area (Å²) in [6, 6.07) is 7.79. The van der Waals surface area contributed by atoms with Crippen LogP contribution in [0.1, 0.15) is 12.5 Å². The van der Waals surface area contributed by atoms with Gasteiger partial charge in [0.25, 0.3) is 0 Å². The van der Waals surface area contributed by atoms with E-state index in [-0.39, 0.29) is 5.12 Å². The lowest BCUT2D eigenvalue weighted by molar-refractivity contribution is -0.107. The Balaban J connectivity index is 2.28. The predicted octanol–water partition coefficient (Wildman–Crippen LogP) is 4.17. The van der Waals surface area contributed by atoms with E-state index in [0.717, 1.165) is 20.2 Å². The van der Waals surface area contributed by atoms with Crippen LogP contribution in [-0.4, -0.2) is 15.2 Å². The van der Waals surface area contributed by atoms with Crippen LogP contribution in [0.15, 0.2) is 39.4 Å². The number of aliphatic imine (C=N–C) groups is 1. The zero-order chi connectivity index (χ0) is 12.3. The third-order valence-electron chi connectivity index (χ3n) is 2.07. The number of thioether (sulfide) groups is 2. The van der Waals surface area contributed by atoms with Crippen molar-refractivity contribution >= 4 is 55.0 Å². The molecule has 5 heteroatoms. The van der Waals surface area contributed by atoms with Gasteiger partial charge in [-0.05, 0) is 35.2 Å². The normalized spacial score (nSPS) is 17.6. The SMILES string of the molecule is CCSC1=NC(=Cc2ccccc2Br)C(=O)S1. The average molecular weight is 328 g/mol. The van der Waals surface area contributed by atoms with E-state index in [9.17, 15) is 4.79 Å². The monoisotopic (exact) mass is 327 g/mol. The van der Waals surface area contributed by atoms with Gasteiger partial charge < -0.3 is 0 Å². The summed E-state index contributed by atoms with van der Waals surface area (Å²) in [6.07, 6.45) is 1.82. The van der Waals surface area contributed by atoms with Crippen molar-refractivity contribution < 1.29 is 4.79 Å². The number of nitrogens with zero attached hydrogens (tertiary/aromatic N) is 1. The summed E-state index contributed by atoms with van der Waals surface area (Å²) in [5.41, 5.74) is 1.50. The molecule has 1 aliphatic heterocycles. The minimum atomic E-state index is 0.0247. The first-order valence-corrected chi connectivity index (χ1v) is 7.70. The van der Waals surface area contributed by atoms with Crippen molar-refractivity contribution in [2.75, 3.05) is 5.75 Å². The molecule has 0 N–H and O–H groups in total. The second-order valence-corrected chi connectivity index (χ2v) is 6.58. The smallest absolute Gasteiger partial charge is 0.244 e. The van der Waals surface area contributed by atoms with E-state index in [1.165, 1.54) is 11.8 Å². The van der Waals surface area contributed by atoms with Gasteiger partial charge in [0.1, 0.15) is 10.1 Å². The van der Waals surface area contributed by atoms with Gasteiger partial charge >= 0.3 is 0 Å². The molecular formula is C12H10BrNOS2. The van der Waals surface area contributed by atoms with Crippen LogP contribution in [0, 0.1) is 0 Å². The maximum Gasteiger partial charge on any atom is 0.244 e. The maximum absolute atomic E-state index is 11.7. The molecule has 1 aliphatic rings. The van der Waals surface area contributed by atoms with Crippen molar-refractivity contribution in [1.29, 1.82) is 0 Å². The van der Waals surface area contributed by atoms with E-state index in [1.54, 1.807) is 11.8 Å². The van der Waals surface area contributed by atoms with Crippen LogP contribution in [0.4, 0.5) is 0 Å². The minimum absolute atomic E-state index is 0.0247.